The minimum absolute atomic E-state index is 0.00460. The SMILES string of the molecule is C[C@@H]1NC(=O)[C@H](CCc2ccccc2)NC(=O)[C@H](CO)NC(=O)[C@H](CCCCN)NC(=O)[C@H](CCCN=C(N)N)NC(=O)[C@H](CCCCN)NC(=O)CNC(=O)[C@@H](Cc2ccccc2)NC1=O. The number of unbranched alkanes of at least 4 members (excludes halogenated alkanes) is 2. The zero-order chi connectivity index (χ0) is 49.1. The summed E-state index contributed by atoms with van der Waals surface area (Å²) in [6.07, 6.45) is 2.38. The van der Waals surface area contributed by atoms with Crippen molar-refractivity contribution < 1.29 is 43.5 Å². The highest BCUT2D eigenvalue weighted by molar-refractivity contribution is 5.98. The molecule has 2 aromatic rings. The van der Waals surface area contributed by atoms with Crippen LogP contribution in [-0.4, -0.2) is 133 Å². The molecule has 2 aromatic carbocycles. The fraction of sp³-hybridized carbons (Fsp3) is 0.533. The molecule has 0 aliphatic carbocycles. The number of benzene rings is 2. The molecule has 0 aromatic heterocycles. The number of aliphatic hydroxyl groups excluding tert-OH is 1. The van der Waals surface area contributed by atoms with Gasteiger partial charge in [0.15, 0.2) is 5.96 Å². The lowest BCUT2D eigenvalue weighted by Crippen LogP contribution is -2.61. The molecule has 17 N–H and O–H groups in total. The molecular formula is C45H69N13O9. The number of guanidine groups is 1. The summed E-state index contributed by atoms with van der Waals surface area (Å²) in [5.41, 5.74) is 23.9. The summed E-state index contributed by atoms with van der Waals surface area (Å²) in [6.45, 7) is 0.534. The van der Waals surface area contributed by atoms with Gasteiger partial charge in [0.25, 0.3) is 0 Å². The van der Waals surface area contributed by atoms with Gasteiger partial charge in [-0.2, -0.15) is 0 Å². The monoisotopic (exact) mass is 936 g/mol. The molecule has 8 amide bonds. The van der Waals surface area contributed by atoms with E-state index in [0.29, 0.717) is 44.2 Å². The van der Waals surface area contributed by atoms with Crippen LogP contribution < -0.4 is 65.5 Å². The van der Waals surface area contributed by atoms with Crippen molar-refractivity contribution in [3.05, 3.63) is 71.8 Å². The van der Waals surface area contributed by atoms with Gasteiger partial charge in [-0.1, -0.05) is 60.7 Å². The molecule has 1 saturated heterocycles. The maximum atomic E-state index is 14.1. The third-order valence-corrected chi connectivity index (χ3v) is 10.9. The predicted octanol–water partition coefficient (Wildman–Crippen LogP) is -3.29. The Balaban J connectivity index is 2.06. The summed E-state index contributed by atoms with van der Waals surface area (Å²) in [6, 6.07) is 8.66. The van der Waals surface area contributed by atoms with Crippen molar-refractivity contribution >= 4 is 53.2 Å². The molecule has 1 fully saturated rings. The predicted molar refractivity (Wildman–Crippen MR) is 250 cm³/mol. The Morgan fingerprint density at radius 3 is 1.51 bits per heavy atom. The van der Waals surface area contributed by atoms with Crippen LogP contribution in [0.2, 0.25) is 0 Å². The van der Waals surface area contributed by atoms with E-state index < -0.39 is 103 Å². The number of carbonyl (C=O) groups excluding carboxylic acids is 8. The lowest BCUT2D eigenvalue weighted by atomic mass is 10.0. The van der Waals surface area contributed by atoms with Gasteiger partial charge in [0.2, 0.25) is 47.3 Å². The van der Waals surface area contributed by atoms with E-state index in [9.17, 15) is 43.5 Å². The standard InChI is InChI=1S/C45H69N13O9/c1-28-38(61)57-35(25-30-15-6-3-7-16-30)39(62)51-26-37(60)53-31(17-8-10-22-46)41(64)55-33(19-12-24-50-45(48)49)42(65)54-32(18-9-11-23-47)43(66)58-36(27-59)44(67)56-34(40(63)52-28)21-20-29-13-4-2-5-14-29/h2-7,13-16,28,31-36,59H,8-12,17-27,46-47H2,1H3,(H,51,62)(H,52,63)(H,53,60)(H,54,65)(H,55,64)(H,56,67)(H,57,61)(H,58,66)(H4,48,49,50)/t28-,31-,32-,33-,34-,35+,36-/m0/s1. The van der Waals surface area contributed by atoms with Crippen LogP contribution in [0.25, 0.3) is 0 Å². The largest absolute Gasteiger partial charge is 0.394 e. The number of hydrogen-bond acceptors (Lipinski definition) is 12. The van der Waals surface area contributed by atoms with Gasteiger partial charge in [0.05, 0.1) is 13.2 Å². The van der Waals surface area contributed by atoms with E-state index in [1.165, 1.54) is 6.92 Å². The van der Waals surface area contributed by atoms with Crippen molar-refractivity contribution in [1.29, 1.82) is 0 Å². The van der Waals surface area contributed by atoms with E-state index in [0.717, 1.165) is 5.56 Å². The number of nitrogens with one attached hydrogen (secondary N) is 8. The summed E-state index contributed by atoms with van der Waals surface area (Å²) >= 11 is 0. The zero-order valence-electron chi connectivity index (χ0n) is 38.1. The van der Waals surface area contributed by atoms with E-state index in [2.05, 4.69) is 47.5 Å². The zero-order valence-corrected chi connectivity index (χ0v) is 38.1. The summed E-state index contributed by atoms with van der Waals surface area (Å²) in [4.78, 5) is 115. The first kappa shape index (κ1) is 54.7. The number of nitrogens with two attached hydrogens (primary N) is 4. The quantitative estimate of drug-likeness (QED) is 0.0397. The van der Waals surface area contributed by atoms with E-state index >= 15 is 0 Å². The Kier molecular flexibility index (Phi) is 24.3. The van der Waals surface area contributed by atoms with Crippen LogP contribution in [0.4, 0.5) is 0 Å². The summed E-state index contributed by atoms with van der Waals surface area (Å²) in [5.74, 6) is -6.55. The summed E-state index contributed by atoms with van der Waals surface area (Å²) < 4.78 is 0. The van der Waals surface area contributed by atoms with Gasteiger partial charge in [-0.05, 0) is 95.3 Å². The van der Waals surface area contributed by atoms with Crippen molar-refractivity contribution in [2.75, 3.05) is 32.8 Å². The second kappa shape index (κ2) is 29.8. The number of amides is 8. The van der Waals surface area contributed by atoms with Gasteiger partial charge in [-0.25, -0.2) is 0 Å². The lowest BCUT2D eigenvalue weighted by molar-refractivity contribution is -0.136. The van der Waals surface area contributed by atoms with Gasteiger partial charge in [0.1, 0.15) is 42.3 Å². The lowest BCUT2D eigenvalue weighted by Gasteiger charge is -2.27. The van der Waals surface area contributed by atoms with Crippen LogP contribution in [0.1, 0.15) is 75.8 Å². The average molecular weight is 936 g/mol. The first-order valence-corrected chi connectivity index (χ1v) is 22.7. The van der Waals surface area contributed by atoms with Crippen molar-refractivity contribution in [2.45, 2.75) is 120 Å². The van der Waals surface area contributed by atoms with E-state index in [1.54, 1.807) is 42.5 Å². The highest BCUT2D eigenvalue weighted by Crippen LogP contribution is 2.10. The first-order valence-electron chi connectivity index (χ1n) is 22.7. The third-order valence-electron chi connectivity index (χ3n) is 10.9. The Labute approximate surface area is 390 Å². The van der Waals surface area contributed by atoms with E-state index in [1.807, 2.05) is 18.2 Å². The Morgan fingerprint density at radius 1 is 0.537 bits per heavy atom. The number of rotatable bonds is 18. The number of aryl methyl sites for hydroxylation is 1. The molecule has 368 valence electrons. The molecule has 1 aliphatic heterocycles. The van der Waals surface area contributed by atoms with Crippen molar-refractivity contribution in [3.8, 4) is 0 Å². The van der Waals surface area contributed by atoms with Crippen LogP contribution >= 0.6 is 0 Å². The number of carbonyl (C=O) groups is 8. The Bertz CT molecular complexity index is 1950. The number of nitrogens with zero attached hydrogens (tertiary/aromatic N) is 1. The molecule has 7 atom stereocenters. The van der Waals surface area contributed by atoms with Crippen LogP contribution in [0, 0.1) is 0 Å². The van der Waals surface area contributed by atoms with Gasteiger partial charge in [-0.15, -0.1) is 0 Å². The third kappa shape index (κ3) is 20.2. The first-order chi connectivity index (χ1) is 32.1. The molecule has 67 heavy (non-hydrogen) atoms. The number of aliphatic hydroxyl groups is 1. The Hall–Kier alpha value is -6.65. The fourth-order valence-corrected chi connectivity index (χ4v) is 7.07. The minimum Gasteiger partial charge on any atom is -0.394 e. The van der Waals surface area contributed by atoms with Gasteiger partial charge >= 0.3 is 0 Å². The molecule has 0 bridgehead atoms. The molecule has 3 rings (SSSR count). The molecule has 0 saturated carbocycles. The molecule has 0 radical (unpaired) electrons. The molecule has 1 heterocycles. The molecule has 22 heteroatoms. The summed E-state index contributed by atoms with van der Waals surface area (Å²) in [7, 11) is 0. The minimum atomic E-state index is -1.61. The van der Waals surface area contributed by atoms with E-state index in [-0.39, 0.29) is 57.6 Å². The molecule has 0 unspecified atom stereocenters. The maximum Gasteiger partial charge on any atom is 0.245 e. The second-order valence-electron chi connectivity index (χ2n) is 16.3. The van der Waals surface area contributed by atoms with Crippen LogP contribution in [0.15, 0.2) is 65.7 Å². The molecule has 1 aliphatic rings. The second-order valence-corrected chi connectivity index (χ2v) is 16.3. The average Bonchev–Trinajstić information content (AvgIpc) is 3.31. The van der Waals surface area contributed by atoms with Crippen LogP contribution in [0.5, 0.6) is 0 Å². The normalized spacial score (nSPS) is 23.1. The van der Waals surface area contributed by atoms with Gasteiger partial charge in [0, 0.05) is 13.0 Å². The topological polar surface area (TPSA) is 369 Å². The maximum absolute atomic E-state index is 14.1. The highest BCUT2D eigenvalue weighted by atomic mass is 16.3. The number of hydrogen-bond donors (Lipinski definition) is 13. The van der Waals surface area contributed by atoms with E-state index in [4.69, 9.17) is 22.9 Å². The highest BCUT2D eigenvalue weighted by Gasteiger charge is 2.34. The smallest absolute Gasteiger partial charge is 0.245 e. The molecular weight excluding hydrogens is 867 g/mol. The summed E-state index contributed by atoms with van der Waals surface area (Å²) in [5, 5.41) is 31.2. The van der Waals surface area contributed by atoms with Crippen molar-refractivity contribution in [2.24, 2.45) is 27.9 Å². The van der Waals surface area contributed by atoms with Gasteiger partial charge < -0.3 is 70.6 Å². The van der Waals surface area contributed by atoms with Crippen LogP contribution in [0.3, 0.4) is 0 Å². The molecule has 22 nitrogen and oxygen atoms in total. The fourth-order valence-electron chi connectivity index (χ4n) is 7.07. The number of aliphatic imine (C=N–C) groups is 1. The van der Waals surface area contributed by atoms with Crippen molar-refractivity contribution in [3.63, 3.8) is 0 Å². The van der Waals surface area contributed by atoms with Crippen LogP contribution in [-0.2, 0) is 51.2 Å². The molecule has 0 spiro atoms. The van der Waals surface area contributed by atoms with Crippen molar-refractivity contribution in [1.82, 2.24) is 42.5 Å². The van der Waals surface area contributed by atoms with Gasteiger partial charge in [-0.3, -0.25) is 43.3 Å². The Morgan fingerprint density at radius 2 is 0.985 bits per heavy atom.